The Bertz CT molecular complexity index is 569. The number of hydrogen-bond acceptors (Lipinski definition) is 3. The Morgan fingerprint density at radius 1 is 1.33 bits per heavy atom. The molecular weight excluding hydrogens is 282 g/mol. The summed E-state index contributed by atoms with van der Waals surface area (Å²) in [5.41, 5.74) is 1.99. The Hall–Kier alpha value is -1.88. The monoisotopic (exact) mass is 303 g/mol. The zero-order chi connectivity index (χ0) is 15.1. The van der Waals surface area contributed by atoms with Crippen LogP contribution in [0, 0.1) is 12.8 Å². The summed E-state index contributed by atoms with van der Waals surface area (Å²) in [6, 6.07) is 7.93. The minimum Gasteiger partial charge on any atom is -0.338 e. The fourth-order valence-corrected chi connectivity index (χ4v) is 2.91. The van der Waals surface area contributed by atoms with Crippen molar-refractivity contribution in [2.45, 2.75) is 26.8 Å². The van der Waals surface area contributed by atoms with Gasteiger partial charge in [0.05, 0.1) is 12.2 Å². The Labute approximate surface area is 129 Å². The van der Waals surface area contributed by atoms with E-state index in [0.717, 1.165) is 17.7 Å². The number of hydrogen-bond donors (Lipinski definition) is 2. The Balaban J connectivity index is 1.69. The lowest BCUT2D eigenvalue weighted by Crippen LogP contribution is -2.38. The van der Waals surface area contributed by atoms with Crippen LogP contribution in [-0.4, -0.2) is 17.6 Å². The number of amides is 2. The Morgan fingerprint density at radius 2 is 2.19 bits per heavy atom. The molecule has 0 saturated carbocycles. The molecule has 5 heteroatoms. The smallest absolute Gasteiger partial charge is 0.315 e. The van der Waals surface area contributed by atoms with Gasteiger partial charge in [0, 0.05) is 17.6 Å². The molecule has 0 unspecified atom stereocenters. The first-order chi connectivity index (χ1) is 10.1. The van der Waals surface area contributed by atoms with Crippen molar-refractivity contribution >= 4 is 17.4 Å². The summed E-state index contributed by atoms with van der Waals surface area (Å²) in [6.07, 6.45) is 2.74. The van der Waals surface area contributed by atoms with Gasteiger partial charge in [-0.3, -0.25) is 4.98 Å². The minimum absolute atomic E-state index is 0.141. The molecule has 4 nitrogen and oxygen atoms in total. The van der Waals surface area contributed by atoms with E-state index >= 15 is 0 Å². The lowest BCUT2D eigenvalue weighted by molar-refractivity contribution is 0.238. The molecule has 2 aromatic rings. The van der Waals surface area contributed by atoms with Crippen molar-refractivity contribution in [3.05, 3.63) is 52.0 Å². The van der Waals surface area contributed by atoms with Gasteiger partial charge in [-0.25, -0.2) is 4.79 Å². The fourth-order valence-electron chi connectivity index (χ4n) is 2.04. The van der Waals surface area contributed by atoms with Crippen molar-refractivity contribution in [2.75, 3.05) is 6.54 Å². The van der Waals surface area contributed by atoms with Gasteiger partial charge in [0.2, 0.25) is 0 Å². The van der Waals surface area contributed by atoms with Crippen molar-refractivity contribution in [3.8, 4) is 0 Å². The molecule has 0 saturated heterocycles. The predicted octanol–water partition coefficient (Wildman–Crippen LogP) is 3.13. The number of carbonyl (C=O) groups excluding carboxylic acids is 1. The summed E-state index contributed by atoms with van der Waals surface area (Å²) in [7, 11) is 0. The van der Waals surface area contributed by atoms with Gasteiger partial charge in [-0.05, 0) is 42.3 Å². The first-order valence-corrected chi connectivity index (χ1v) is 7.97. The predicted molar refractivity (Wildman–Crippen MR) is 86.4 cm³/mol. The fraction of sp³-hybridized carbons (Fsp3) is 0.375. The van der Waals surface area contributed by atoms with Crippen LogP contribution in [0.15, 0.2) is 35.8 Å². The van der Waals surface area contributed by atoms with Gasteiger partial charge in [-0.15, -0.1) is 11.3 Å². The number of urea groups is 1. The maximum Gasteiger partial charge on any atom is 0.315 e. The Kier molecular flexibility index (Phi) is 5.75. The SMILES string of the molecule is Cc1cccnc1CNC(=O)NC[C@H](C)Cc1cccs1. The third kappa shape index (κ3) is 5.19. The standard InChI is InChI=1S/C16H21N3OS/c1-12(9-14-6-4-8-21-14)10-18-16(20)19-11-15-13(2)5-3-7-17-15/h3-8,12H,9-11H2,1-2H3,(H2,18,19,20)/t12-/m1/s1. The van der Waals surface area contributed by atoms with E-state index in [1.807, 2.05) is 19.1 Å². The van der Waals surface area contributed by atoms with E-state index in [4.69, 9.17) is 0 Å². The van der Waals surface area contributed by atoms with Gasteiger partial charge < -0.3 is 10.6 Å². The van der Waals surface area contributed by atoms with Crippen LogP contribution in [-0.2, 0) is 13.0 Å². The second-order valence-corrected chi connectivity index (χ2v) is 6.25. The van der Waals surface area contributed by atoms with Crippen LogP contribution in [0.1, 0.15) is 23.1 Å². The van der Waals surface area contributed by atoms with Crippen LogP contribution in [0.4, 0.5) is 4.79 Å². The second-order valence-electron chi connectivity index (χ2n) is 5.22. The van der Waals surface area contributed by atoms with E-state index < -0.39 is 0 Å². The van der Waals surface area contributed by atoms with E-state index in [1.54, 1.807) is 17.5 Å². The maximum atomic E-state index is 11.8. The van der Waals surface area contributed by atoms with Gasteiger partial charge in [0.15, 0.2) is 0 Å². The largest absolute Gasteiger partial charge is 0.338 e. The van der Waals surface area contributed by atoms with E-state index in [-0.39, 0.29) is 6.03 Å². The molecule has 1 atom stereocenters. The molecule has 0 aliphatic carbocycles. The first kappa shape index (κ1) is 15.5. The quantitative estimate of drug-likeness (QED) is 0.861. The van der Waals surface area contributed by atoms with Crippen LogP contribution in [0.2, 0.25) is 0 Å². The van der Waals surface area contributed by atoms with Crippen molar-refractivity contribution in [2.24, 2.45) is 5.92 Å². The molecule has 2 amide bonds. The lowest BCUT2D eigenvalue weighted by Gasteiger charge is -2.13. The molecule has 2 N–H and O–H groups in total. The number of rotatable bonds is 6. The number of thiophene rings is 1. The van der Waals surface area contributed by atoms with Crippen LogP contribution >= 0.6 is 11.3 Å². The third-order valence-corrected chi connectivity index (χ3v) is 4.17. The van der Waals surface area contributed by atoms with Gasteiger partial charge >= 0.3 is 6.03 Å². The molecule has 2 rings (SSSR count). The second kappa shape index (κ2) is 7.78. The number of carbonyl (C=O) groups is 1. The molecule has 0 fully saturated rings. The van der Waals surface area contributed by atoms with Gasteiger partial charge in [-0.2, -0.15) is 0 Å². The average Bonchev–Trinajstić information content (AvgIpc) is 2.97. The normalized spacial score (nSPS) is 11.9. The highest BCUT2D eigenvalue weighted by Gasteiger charge is 2.07. The summed E-state index contributed by atoms with van der Waals surface area (Å²) >= 11 is 1.76. The molecule has 0 radical (unpaired) electrons. The number of nitrogens with one attached hydrogen (secondary N) is 2. The zero-order valence-corrected chi connectivity index (χ0v) is 13.2. The molecule has 0 bridgehead atoms. The summed E-state index contributed by atoms with van der Waals surface area (Å²) in [4.78, 5) is 17.4. The van der Waals surface area contributed by atoms with Crippen LogP contribution in [0.5, 0.6) is 0 Å². The van der Waals surface area contributed by atoms with Gasteiger partial charge in [-0.1, -0.05) is 19.1 Å². The molecule has 21 heavy (non-hydrogen) atoms. The molecular formula is C16H21N3OS. The molecule has 0 aliphatic heterocycles. The highest BCUT2D eigenvalue weighted by atomic mass is 32.1. The van der Waals surface area contributed by atoms with Crippen molar-refractivity contribution in [1.82, 2.24) is 15.6 Å². The highest BCUT2D eigenvalue weighted by molar-refractivity contribution is 7.09. The Morgan fingerprint density at radius 3 is 2.90 bits per heavy atom. The lowest BCUT2D eigenvalue weighted by atomic mass is 10.1. The van der Waals surface area contributed by atoms with Crippen molar-refractivity contribution in [1.29, 1.82) is 0 Å². The molecule has 112 valence electrons. The molecule has 0 aliphatic rings. The van der Waals surface area contributed by atoms with Crippen LogP contribution < -0.4 is 10.6 Å². The summed E-state index contributed by atoms with van der Waals surface area (Å²) in [5, 5.41) is 7.84. The topological polar surface area (TPSA) is 54.0 Å². The first-order valence-electron chi connectivity index (χ1n) is 7.09. The van der Waals surface area contributed by atoms with E-state index in [2.05, 4.69) is 40.1 Å². The molecule has 2 aromatic heterocycles. The average molecular weight is 303 g/mol. The zero-order valence-electron chi connectivity index (χ0n) is 12.4. The van der Waals surface area contributed by atoms with E-state index in [0.29, 0.717) is 19.0 Å². The van der Waals surface area contributed by atoms with Crippen LogP contribution in [0.25, 0.3) is 0 Å². The number of pyridine rings is 1. The van der Waals surface area contributed by atoms with E-state index in [9.17, 15) is 4.79 Å². The van der Waals surface area contributed by atoms with E-state index in [1.165, 1.54) is 4.88 Å². The number of aryl methyl sites for hydroxylation is 1. The molecule has 2 heterocycles. The number of nitrogens with zero attached hydrogens (tertiary/aromatic N) is 1. The maximum absolute atomic E-state index is 11.8. The van der Waals surface area contributed by atoms with Crippen molar-refractivity contribution < 1.29 is 4.79 Å². The summed E-state index contributed by atoms with van der Waals surface area (Å²) < 4.78 is 0. The van der Waals surface area contributed by atoms with Crippen molar-refractivity contribution in [3.63, 3.8) is 0 Å². The summed E-state index contributed by atoms with van der Waals surface area (Å²) in [6.45, 7) is 5.26. The van der Waals surface area contributed by atoms with Crippen LogP contribution in [0.3, 0.4) is 0 Å². The molecule has 0 aromatic carbocycles. The summed E-state index contributed by atoms with van der Waals surface area (Å²) in [5.74, 6) is 0.422. The highest BCUT2D eigenvalue weighted by Crippen LogP contribution is 2.13. The third-order valence-electron chi connectivity index (χ3n) is 3.28. The van der Waals surface area contributed by atoms with Gasteiger partial charge in [0.1, 0.15) is 0 Å². The number of aromatic nitrogens is 1. The minimum atomic E-state index is -0.141. The molecule has 0 spiro atoms. The van der Waals surface area contributed by atoms with Gasteiger partial charge in [0.25, 0.3) is 0 Å².